The SMILES string of the molecule is C=CCN(C)C(=O)[C@@H]1[C@H]2C(=O)N([C@@H](CC)CO)C(C(=O)N(CC=C)CCCCC)C23CC[C@H]1O3. The molecule has 3 amide bonds. The number of ether oxygens (including phenoxy) is 1. The number of likely N-dealkylation sites (tertiary alicyclic amines) is 1. The van der Waals surface area contributed by atoms with Crippen molar-refractivity contribution >= 4 is 17.7 Å². The molecule has 0 aromatic heterocycles. The van der Waals surface area contributed by atoms with Crippen LogP contribution in [0.5, 0.6) is 0 Å². The molecule has 0 saturated carbocycles. The number of hydrogen-bond donors (Lipinski definition) is 1. The number of carbonyl (C=O) groups is 3. The number of carbonyl (C=O) groups excluding carboxylic acids is 3. The Bertz CT molecular complexity index is 797. The lowest BCUT2D eigenvalue weighted by Crippen LogP contribution is -2.58. The average molecular weight is 476 g/mol. The first kappa shape index (κ1) is 26.4. The summed E-state index contributed by atoms with van der Waals surface area (Å²) in [6.45, 7) is 12.6. The smallest absolute Gasteiger partial charge is 0.248 e. The Morgan fingerprint density at radius 2 is 1.94 bits per heavy atom. The van der Waals surface area contributed by atoms with Crippen molar-refractivity contribution in [2.75, 3.05) is 33.3 Å². The van der Waals surface area contributed by atoms with Crippen LogP contribution in [-0.2, 0) is 19.1 Å². The summed E-state index contributed by atoms with van der Waals surface area (Å²) < 4.78 is 6.48. The molecule has 3 aliphatic rings. The van der Waals surface area contributed by atoms with Gasteiger partial charge in [0.25, 0.3) is 0 Å². The molecule has 3 aliphatic heterocycles. The fourth-order valence-electron chi connectivity index (χ4n) is 6.17. The summed E-state index contributed by atoms with van der Waals surface area (Å²) in [4.78, 5) is 46.3. The fourth-order valence-corrected chi connectivity index (χ4v) is 6.17. The standard InChI is InChI=1S/C26H41N3O5/c1-6-10-11-16-28(15-8-3)25(33)22-26-13-12-19(34-26)20(23(31)27(5)14-7-2)21(26)24(32)29(22)18(9-4)17-30/h7-8,18-22,30H,2-3,6,9-17H2,1,4-5H3/t18-,19+,20-,21-,22?,26?/m0/s1. The molecule has 0 aromatic rings. The Labute approximate surface area is 203 Å². The van der Waals surface area contributed by atoms with E-state index in [1.165, 1.54) is 0 Å². The van der Waals surface area contributed by atoms with Crippen LogP contribution in [0.1, 0.15) is 52.4 Å². The molecule has 34 heavy (non-hydrogen) atoms. The average Bonchev–Trinajstić information content (AvgIpc) is 3.46. The maximum absolute atomic E-state index is 14.1. The van der Waals surface area contributed by atoms with Crippen molar-refractivity contribution < 1.29 is 24.2 Å². The molecule has 3 fully saturated rings. The molecule has 1 spiro atoms. The van der Waals surface area contributed by atoms with Gasteiger partial charge in [-0.3, -0.25) is 14.4 Å². The van der Waals surface area contributed by atoms with Gasteiger partial charge in [-0.1, -0.05) is 38.8 Å². The largest absolute Gasteiger partial charge is 0.394 e. The summed E-state index contributed by atoms with van der Waals surface area (Å²) in [5.74, 6) is -1.93. The van der Waals surface area contributed by atoms with Crippen molar-refractivity contribution in [3.05, 3.63) is 25.3 Å². The highest BCUT2D eigenvalue weighted by molar-refractivity contribution is 5.99. The van der Waals surface area contributed by atoms with Gasteiger partial charge in [0.05, 0.1) is 30.6 Å². The van der Waals surface area contributed by atoms with Crippen LogP contribution in [0.3, 0.4) is 0 Å². The molecule has 8 nitrogen and oxygen atoms in total. The number of nitrogens with zero attached hydrogens (tertiary/aromatic N) is 3. The first-order chi connectivity index (χ1) is 16.3. The summed E-state index contributed by atoms with van der Waals surface area (Å²) in [7, 11) is 1.70. The molecule has 3 saturated heterocycles. The van der Waals surface area contributed by atoms with Gasteiger partial charge >= 0.3 is 0 Å². The monoisotopic (exact) mass is 475 g/mol. The van der Waals surface area contributed by atoms with E-state index in [9.17, 15) is 19.5 Å². The number of likely N-dealkylation sites (N-methyl/N-ethyl adjacent to an activating group) is 1. The number of rotatable bonds is 13. The molecule has 3 rings (SSSR count). The van der Waals surface area contributed by atoms with Gasteiger partial charge < -0.3 is 24.5 Å². The van der Waals surface area contributed by atoms with Crippen molar-refractivity contribution in [1.29, 1.82) is 0 Å². The molecule has 1 N–H and O–H groups in total. The van der Waals surface area contributed by atoms with Gasteiger partial charge in [-0.2, -0.15) is 0 Å². The minimum absolute atomic E-state index is 0.152. The molecular weight excluding hydrogens is 434 g/mol. The van der Waals surface area contributed by atoms with E-state index in [0.717, 1.165) is 19.3 Å². The molecule has 0 aliphatic carbocycles. The minimum Gasteiger partial charge on any atom is -0.394 e. The zero-order valence-electron chi connectivity index (χ0n) is 20.9. The van der Waals surface area contributed by atoms with Crippen LogP contribution in [0.2, 0.25) is 0 Å². The maximum atomic E-state index is 14.1. The van der Waals surface area contributed by atoms with Gasteiger partial charge in [-0.25, -0.2) is 0 Å². The zero-order chi connectivity index (χ0) is 25.0. The molecule has 3 heterocycles. The van der Waals surface area contributed by atoms with Gasteiger partial charge in [0.15, 0.2) is 0 Å². The molecule has 0 aromatic carbocycles. The predicted octanol–water partition coefficient (Wildman–Crippen LogP) is 1.98. The zero-order valence-corrected chi connectivity index (χ0v) is 20.9. The van der Waals surface area contributed by atoms with Gasteiger partial charge in [0.1, 0.15) is 11.6 Å². The van der Waals surface area contributed by atoms with Crippen LogP contribution in [-0.4, -0.2) is 94.6 Å². The second kappa shape index (κ2) is 11.0. The summed E-state index contributed by atoms with van der Waals surface area (Å²) in [6, 6.07) is -1.36. The van der Waals surface area contributed by atoms with E-state index in [2.05, 4.69) is 20.1 Å². The quantitative estimate of drug-likeness (QED) is 0.325. The van der Waals surface area contributed by atoms with Gasteiger partial charge in [0, 0.05) is 26.7 Å². The summed E-state index contributed by atoms with van der Waals surface area (Å²) in [5.41, 5.74) is -1.04. The number of unbranched alkanes of at least 4 members (excludes halogenated alkanes) is 2. The Hall–Kier alpha value is -2.19. The summed E-state index contributed by atoms with van der Waals surface area (Å²) in [5, 5.41) is 10.1. The molecule has 2 bridgehead atoms. The van der Waals surface area contributed by atoms with Crippen LogP contribution < -0.4 is 0 Å². The number of fused-ring (bicyclic) bond motifs is 1. The van der Waals surface area contributed by atoms with E-state index in [1.54, 1.807) is 33.9 Å². The van der Waals surface area contributed by atoms with Crippen LogP contribution in [0.4, 0.5) is 0 Å². The van der Waals surface area contributed by atoms with Crippen molar-refractivity contribution in [1.82, 2.24) is 14.7 Å². The third kappa shape index (κ3) is 4.31. The lowest BCUT2D eigenvalue weighted by Gasteiger charge is -2.39. The minimum atomic E-state index is -1.04. The lowest BCUT2D eigenvalue weighted by atomic mass is 9.70. The highest BCUT2D eigenvalue weighted by Crippen LogP contribution is 2.59. The lowest BCUT2D eigenvalue weighted by molar-refractivity contribution is -0.151. The van der Waals surface area contributed by atoms with E-state index in [1.807, 2.05) is 6.92 Å². The molecular formula is C26H41N3O5. The van der Waals surface area contributed by atoms with E-state index < -0.39 is 29.5 Å². The summed E-state index contributed by atoms with van der Waals surface area (Å²) in [6.07, 6.45) is 7.56. The van der Waals surface area contributed by atoms with Crippen molar-refractivity contribution in [3.63, 3.8) is 0 Å². The van der Waals surface area contributed by atoms with E-state index in [4.69, 9.17) is 4.74 Å². The highest BCUT2D eigenvalue weighted by Gasteiger charge is 2.75. The van der Waals surface area contributed by atoms with E-state index in [0.29, 0.717) is 38.9 Å². The fraction of sp³-hybridized carbons (Fsp3) is 0.731. The molecule has 190 valence electrons. The van der Waals surface area contributed by atoms with Crippen LogP contribution >= 0.6 is 0 Å². The number of aliphatic hydroxyl groups excluding tert-OH is 1. The number of aliphatic hydroxyl groups is 1. The van der Waals surface area contributed by atoms with E-state index in [-0.39, 0.29) is 30.4 Å². The second-order valence-corrected chi connectivity index (χ2v) is 9.83. The Morgan fingerprint density at radius 1 is 1.24 bits per heavy atom. The molecule has 8 heteroatoms. The van der Waals surface area contributed by atoms with Gasteiger partial charge in [-0.15, -0.1) is 13.2 Å². The van der Waals surface area contributed by atoms with Crippen molar-refractivity contribution in [2.24, 2.45) is 11.8 Å². The Balaban J connectivity index is 2.02. The number of amides is 3. The normalized spacial score (nSPS) is 30.2. The highest BCUT2D eigenvalue weighted by atomic mass is 16.5. The van der Waals surface area contributed by atoms with E-state index >= 15 is 0 Å². The van der Waals surface area contributed by atoms with Gasteiger partial charge in [0.2, 0.25) is 17.7 Å². The maximum Gasteiger partial charge on any atom is 0.248 e. The first-order valence-electron chi connectivity index (χ1n) is 12.7. The summed E-state index contributed by atoms with van der Waals surface area (Å²) >= 11 is 0. The van der Waals surface area contributed by atoms with Gasteiger partial charge in [-0.05, 0) is 25.7 Å². The second-order valence-electron chi connectivity index (χ2n) is 9.83. The van der Waals surface area contributed by atoms with Crippen molar-refractivity contribution in [2.45, 2.75) is 76.2 Å². The van der Waals surface area contributed by atoms with Crippen LogP contribution in [0, 0.1) is 11.8 Å². The third-order valence-electron chi connectivity index (χ3n) is 7.80. The van der Waals surface area contributed by atoms with Crippen LogP contribution in [0.25, 0.3) is 0 Å². The molecule has 2 unspecified atom stereocenters. The Morgan fingerprint density at radius 3 is 2.53 bits per heavy atom. The van der Waals surface area contributed by atoms with Crippen LogP contribution in [0.15, 0.2) is 25.3 Å². The third-order valence-corrected chi connectivity index (χ3v) is 7.80. The number of hydrogen-bond acceptors (Lipinski definition) is 5. The first-order valence-corrected chi connectivity index (χ1v) is 12.7. The molecule has 6 atom stereocenters. The molecule has 0 radical (unpaired) electrons. The van der Waals surface area contributed by atoms with Crippen molar-refractivity contribution in [3.8, 4) is 0 Å². The predicted molar refractivity (Wildman–Crippen MR) is 130 cm³/mol. The Kier molecular flexibility index (Phi) is 8.57. The topological polar surface area (TPSA) is 90.4 Å².